The fraction of sp³-hybridized carbons (Fsp3) is 0. The zero-order valence-corrected chi connectivity index (χ0v) is 10.5. The Hall–Kier alpha value is -2.95. The van der Waals surface area contributed by atoms with Crippen molar-refractivity contribution in [1.29, 1.82) is 0 Å². The van der Waals surface area contributed by atoms with Crippen LogP contribution in [0.15, 0.2) is 54.6 Å². The summed E-state index contributed by atoms with van der Waals surface area (Å²) in [5, 5.41) is 2.22. The molecule has 0 aliphatic heterocycles. The molecule has 20 heavy (non-hydrogen) atoms. The summed E-state index contributed by atoms with van der Waals surface area (Å²) in [4.78, 5) is 35.1. The van der Waals surface area contributed by atoms with E-state index in [0.29, 0.717) is 5.56 Å². The van der Waals surface area contributed by atoms with Crippen molar-refractivity contribution in [3.05, 3.63) is 71.3 Å². The minimum atomic E-state index is -0.720. The molecule has 3 amide bonds. The molecule has 5 heteroatoms. The van der Waals surface area contributed by atoms with Gasteiger partial charge < -0.3 is 5.73 Å². The molecule has 0 aliphatic carbocycles. The Labute approximate surface area is 115 Å². The van der Waals surface area contributed by atoms with Crippen molar-refractivity contribution in [1.82, 2.24) is 5.32 Å². The van der Waals surface area contributed by atoms with Crippen LogP contribution in [0.1, 0.15) is 31.1 Å². The van der Waals surface area contributed by atoms with E-state index in [1.54, 1.807) is 42.5 Å². The molecule has 0 bridgehead atoms. The molecule has 5 nitrogen and oxygen atoms in total. The van der Waals surface area contributed by atoms with Crippen molar-refractivity contribution < 1.29 is 14.4 Å². The van der Waals surface area contributed by atoms with E-state index < -0.39 is 17.7 Å². The summed E-state index contributed by atoms with van der Waals surface area (Å²) in [6.45, 7) is 0. The topological polar surface area (TPSA) is 89.3 Å². The lowest BCUT2D eigenvalue weighted by Gasteiger charge is -2.07. The average Bonchev–Trinajstić information content (AvgIpc) is 2.48. The van der Waals surface area contributed by atoms with Crippen LogP contribution in [-0.2, 0) is 0 Å². The molecule has 2 aromatic rings. The van der Waals surface area contributed by atoms with Gasteiger partial charge in [-0.2, -0.15) is 0 Å². The van der Waals surface area contributed by atoms with Crippen molar-refractivity contribution in [2.75, 3.05) is 0 Å². The van der Waals surface area contributed by atoms with Gasteiger partial charge in [0.1, 0.15) is 0 Å². The largest absolute Gasteiger partial charge is 0.366 e. The summed E-state index contributed by atoms with van der Waals surface area (Å²) >= 11 is 0. The molecular formula is C15H12N2O3. The molecule has 3 N–H and O–H groups in total. The predicted molar refractivity (Wildman–Crippen MR) is 73.2 cm³/mol. The lowest BCUT2D eigenvalue weighted by atomic mass is 10.1. The van der Waals surface area contributed by atoms with Crippen LogP contribution in [0.25, 0.3) is 0 Å². The highest BCUT2D eigenvalue weighted by atomic mass is 16.2. The van der Waals surface area contributed by atoms with Gasteiger partial charge in [-0.05, 0) is 24.3 Å². The number of carbonyl (C=O) groups is 3. The van der Waals surface area contributed by atoms with Crippen LogP contribution in [0.4, 0.5) is 0 Å². The van der Waals surface area contributed by atoms with Gasteiger partial charge >= 0.3 is 0 Å². The van der Waals surface area contributed by atoms with Gasteiger partial charge in [-0.3, -0.25) is 19.7 Å². The standard InChI is InChI=1S/C15H12N2O3/c16-13(18)11-8-4-5-9-12(11)15(20)17-14(19)10-6-2-1-3-7-10/h1-9H,(H2,16,18)(H,17,19,20). The summed E-state index contributed by atoms with van der Waals surface area (Å²) < 4.78 is 0. The number of rotatable bonds is 3. The minimum Gasteiger partial charge on any atom is -0.366 e. The molecule has 0 heterocycles. The second kappa shape index (κ2) is 5.79. The zero-order valence-electron chi connectivity index (χ0n) is 10.5. The first-order chi connectivity index (χ1) is 9.59. The van der Waals surface area contributed by atoms with Gasteiger partial charge in [-0.15, -0.1) is 0 Å². The number of nitrogens with two attached hydrogens (primary N) is 1. The average molecular weight is 268 g/mol. The van der Waals surface area contributed by atoms with E-state index in [0.717, 1.165) is 0 Å². The van der Waals surface area contributed by atoms with E-state index in [4.69, 9.17) is 5.73 Å². The van der Waals surface area contributed by atoms with Gasteiger partial charge in [-0.25, -0.2) is 0 Å². The van der Waals surface area contributed by atoms with Gasteiger partial charge in [0.15, 0.2) is 0 Å². The van der Waals surface area contributed by atoms with E-state index in [1.807, 2.05) is 0 Å². The fourth-order valence-electron chi connectivity index (χ4n) is 1.73. The Morgan fingerprint density at radius 3 is 1.90 bits per heavy atom. The van der Waals surface area contributed by atoms with E-state index >= 15 is 0 Å². The molecule has 2 rings (SSSR count). The normalized spacial score (nSPS) is 9.80. The lowest BCUT2D eigenvalue weighted by molar-refractivity contribution is 0.0843. The summed E-state index contributed by atoms with van der Waals surface area (Å²) in [5.41, 5.74) is 5.70. The first-order valence-corrected chi connectivity index (χ1v) is 5.89. The molecule has 0 radical (unpaired) electrons. The maximum Gasteiger partial charge on any atom is 0.258 e. The maximum absolute atomic E-state index is 12.0. The third-order valence-corrected chi connectivity index (χ3v) is 2.70. The number of imide groups is 1. The van der Waals surface area contributed by atoms with Crippen LogP contribution in [0.3, 0.4) is 0 Å². The van der Waals surface area contributed by atoms with Crippen molar-refractivity contribution in [3.8, 4) is 0 Å². The highest BCUT2D eigenvalue weighted by molar-refractivity contribution is 6.14. The Bertz CT molecular complexity index is 666. The maximum atomic E-state index is 12.0. The fourth-order valence-corrected chi connectivity index (χ4v) is 1.73. The van der Waals surface area contributed by atoms with Crippen LogP contribution in [0.5, 0.6) is 0 Å². The quantitative estimate of drug-likeness (QED) is 0.823. The van der Waals surface area contributed by atoms with Gasteiger partial charge in [0, 0.05) is 5.56 Å². The van der Waals surface area contributed by atoms with Gasteiger partial charge in [0.05, 0.1) is 11.1 Å². The van der Waals surface area contributed by atoms with Crippen molar-refractivity contribution in [2.24, 2.45) is 5.73 Å². The van der Waals surface area contributed by atoms with E-state index in [1.165, 1.54) is 12.1 Å². The number of amides is 3. The number of hydrogen-bond donors (Lipinski definition) is 2. The van der Waals surface area contributed by atoms with Crippen LogP contribution in [0, 0.1) is 0 Å². The van der Waals surface area contributed by atoms with E-state index in [9.17, 15) is 14.4 Å². The van der Waals surface area contributed by atoms with Crippen LogP contribution >= 0.6 is 0 Å². The van der Waals surface area contributed by atoms with Gasteiger partial charge in [0.25, 0.3) is 11.8 Å². The molecule has 100 valence electrons. The number of primary amides is 1. The smallest absolute Gasteiger partial charge is 0.258 e. The SMILES string of the molecule is NC(=O)c1ccccc1C(=O)NC(=O)c1ccccc1. The molecule has 0 aromatic heterocycles. The Kier molecular flexibility index (Phi) is 3.91. The van der Waals surface area contributed by atoms with Crippen LogP contribution in [-0.4, -0.2) is 17.7 Å². The summed E-state index contributed by atoms with van der Waals surface area (Å²) in [6.07, 6.45) is 0. The first kappa shape index (κ1) is 13.5. The Morgan fingerprint density at radius 1 is 0.750 bits per heavy atom. The van der Waals surface area contributed by atoms with Crippen molar-refractivity contribution in [2.45, 2.75) is 0 Å². The number of nitrogens with one attached hydrogen (secondary N) is 1. The highest BCUT2D eigenvalue weighted by Gasteiger charge is 2.17. The highest BCUT2D eigenvalue weighted by Crippen LogP contribution is 2.08. The van der Waals surface area contributed by atoms with Crippen molar-refractivity contribution in [3.63, 3.8) is 0 Å². The van der Waals surface area contributed by atoms with Gasteiger partial charge in [-0.1, -0.05) is 30.3 Å². The van der Waals surface area contributed by atoms with Gasteiger partial charge in [0.2, 0.25) is 5.91 Å². The van der Waals surface area contributed by atoms with E-state index in [2.05, 4.69) is 5.32 Å². The number of benzene rings is 2. The number of carbonyl (C=O) groups excluding carboxylic acids is 3. The van der Waals surface area contributed by atoms with E-state index in [-0.39, 0.29) is 11.1 Å². The van der Waals surface area contributed by atoms with Crippen LogP contribution in [0.2, 0.25) is 0 Å². The van der Waals surface area contributed by atoms with Crippen LogP contribution < -0.4 is 11.1 Å². The second-order valence-electron chi connectivity index (χ2n) is 4.06. The summed E-state index contributed by atoms with van der Waals surface area (Å²) in [5.74, 6) is -1.91. The second-order valence-corrected chi connectivity index (χ2v) is 4.06. The molecule has 0 saturated carbocycles. The Morgan fingerprint density at radius 2 is 1.30 bits per heavy atom. The molecule has 0 fully saturated rings. The number of hydrogen-bond acceptors (Lipinski definition) is 3. The predicted octanol–water partition coefficient (Wildman–Crippen LogP) is 1.36. The molecule has 0 atom stereocenters. The molecule has 2 aromatic carbocycles. The molecular weight excluding hydrogens is 256 g/mol. The lowest BCUT2D eigenvalue weighted by Crippen LogP contribution is -2.32. The summed E-state index contributed by atoms with van der Waals surface area (Å²) in [6, 6.07) is 14.4. The third kappa shape index (κ3) is 2.89. The summed E-state index contributed by atoms with van der Waals surface area (Å²) in [7, 11) is 0. The molecule has 0 saturated heterocycles. The zero-order chi connectivity index (χ0) is 14.5. The molecule has 0 unspecified atom stereocenters. The first-order valence-electron chi connectivity index (χ1n) is 5.89. The third-order valence-electron chi connectivity index (χ3n) is 2.70. The Balaban J connectivity index is 2.21. The molecule has 0 spiro atoms. The minimum absolute atomic E-state index is 0.0734. The monoisotopic (exact) mass is 268 g/mol. The van der Waals surface area contributed by atoms with Crippen molar-refractivity contribution >= 4 is 17.7 Å². The molecule has 0 aliphatic rings.